The Bertz CT molecular complexity index is 844. The molecule has 0 atom stereocenters. The van der Waals surface area contributed by atoms with E-state index < -0.39 is 16.7 Å². The Balaban J connectivity index is 1.91. The van der Waals surface area contributed by atoms with Crippen LogP contribution in [0.3, 0.4) is 0 Å². The van der Waals surface area contributed by atoms with Gasteiger partial charge >= 0.3 is 11.8 Å². The van der Waals surface area contributed by atoms with Crippen LogP contribution in [0.1, 0.15) is 16.7 Å². The van der Waals surface area contributed by atoms with Gasteiger partial charge in [0.05, 0.1) is 11.1 Å². The first-order valence-corrected chi connectivity index (χ1v) is 7.33. The van der Waals surface area contributed by atoms with Crippen LogP contribution in [0.5, 0.6) is 0 Å². The van der Waals surface area contributed by atoms with Crippen LogP contribution in [-0.2, 0) is 9.59 Å². The normalized spacial score (nSPS) is 10.5. The Morgan fingerprint density at radius 1 is 1.04 bits per heavy atom. The number of hydrogen-bond donors (Lipinski definition) is 2. The number of hydrazone groups is 1. The molecule has 8 nitrogen and oxygen atoms in total. The highest BCUT2D eigenvalue weighted by Crippen LogP contribution is 2.14. The lowest BCUT2D eigenvalue weighted by atomic mass is 10.1. The molecule has 2 N–H and O–H groups in total. The Hall–Kier alpha value is -3.55. The zero-order valence-electron chi connectivity index (χ0n) is 13.6. The molecule has 0 bridgehead atoms. The van der Waals surface area contributed by atoms with Gasteiger partial charge in [-0.3, -0.25) is 19.7 Å². The van der Waals surface area contributed by atoms with Crippen molar-refractivity contribution in [3.63, 3.8) is 0 Å². The van der Waals surface area contributed by atoms with E-state index in [1.54, 1.807) is 12.1 Å². The number of amides is 2. The summed E-state index contributed by atoms with van der Waals surface area (Å²) in [5.41, 5.74) is 5.18. The maximum Gasteiger partial charge on any atom is 0.329 e. The van der Waals surface area contributed by atoms with Crippen molar-refractivity contribution in [1.82, 2.24) is 5.43 Å². The average molecular weight is 340 g/mol. The molecule has 0 saturated carbocycles. The molecular weight excluding hydrogens is 324 g/mol. The van der Waals surface area contributed by atoms with Gasteiger partial charge in [0.2, 0.25) is 0 Å². The van der Waals surface area contributed by atoms with Gasteiger partial charge in [0.1, 0.15) is 0 Å². The molecule has 0 spiro atoms. The fourth-order valence-corrected chi connectivity index (χ4v) is 1.91. The second-order valence-corrected chi connectivity index (χ2v) is 5.30. The Kier molecular flexibility index (Phi) is 5.57. The zero-order valence-corrected chi connectivity index (χ0v) is 13.6. The number of hydrogen-bond acceptors (Lipinski definition) is 5. The molecule has 0 fully saturated rings. The van der Waals surface area contributed by atoms with Crippen LogP contribution in [0.25, 0.3) is 0 Å². The van der Waals surface area contributed by atoms with E-state index in [0.29, 0.717) is 11.3 Å². The van der Waals surface area contributed by atoms with Gasteiger partial charge in [-0.2, -0.15) is 5.10 Å². The van der Waals surface area contributed by atoms with Gasteiger partial charge in [-0.15, -0.1) is 0 Å². The van der Waals surface area contributed by atoms with Crippen LogP contribution in [0.2, 0.25) is 0 Å². The largest absolute Gasteiger partial charge is 0.329 e. The third-order valence-corrected chi connectivity index (χ3v) is 3.45. The molecule has 0 aliphatic carbocycles. The van der Waals surface area contributed by atoms with E-state index >= 15 is 0 Å². The van der Waals surface area contributed by atoms with Crippen LogP contribution < -0.4 is 10.7 Å². The molecule has 2 aromatic rings. The quantitative estimate of drug-likeness (QED) is 0.385. The lowest BCUT2D eigenvalue weighted by molar-refractivity contribution is -0.384. The molecule has 8 heteroatoms. The van der Waals surface area contributed by atoms with Crippen LogP contribution in [0, 0.1) is 24.0 Å². The third kappa shape index (κ3) is 4.96. The number of non-ortho nitro benzene ring substituents is 1. The smallest absolute Gasteiger partial charge is 0.318 e. The van der Waals surface area contributed by atoms with E-state index in [1.807, 2.05) is 19.9 Å². The Labute approximate surface area is 143 Å². The SMILES string of the molecule is Cc1ccc(NC(=O)C(=O)NN=Cc2ccc([N+](=O)[O-])cc2)cc1C. The van der Waals surface area contributed by atoms with Gasteiger partial charge < -0.3 is 5.32 Å². The lowest BCUT2D eigenvalue weighted by Gasteiger charge is -2.06. The van der Waals surface area contributed by atoms with Crippen molar-refractivity contribution in [2.75, 3.05) is 5.32 Å². The monoisotopic (exact) mass is 340 g/mol. The predicted octanol–water partition coefficient (Wildman–Crippen LogP) is 2.30. The van der Waals surface area contributed by atoms with Gasteiger partial charge in [0.25, 0.3) is 5.69 Å². The highest BCUT2D eigenvalue weighted by molar-refractivity contribution is 6.39. The molecular formula is C17H16N4O4. The maximum atomic E-state index is 11.8. The summed E-state index contributed by atoms with van der Waals surface area (Å²) in [6.07, 6.45) is 1.28. The molecule has 0 aliphatic heterocycles. The van der Waals surface area contributed by atoms with Gasteiger partial charge in [0, 0.05) is 17.8 Å². The first-order valence-electron chi connectivity index (χ1n) is 7.33. The highest BCUT2D eigenvalue weighted by atomic mass is 16.6. The van der Waals surface area contributed by atoms with Crippen molar-refractivity contribution in [2.45, 2.75) is 13.8 Å². The second kappa shape index (κ2) is 7.82. The molecule has 0 heterocycles. The molecule has 0 unspecified atom stereocenters. The topological polar surface area (TPSA) is 114 Å². The average Bonchev–Trinajstić information content (AvgIpc) is 2.58. The van der Waals surface area contributed by atoms with Crippen LogP contribution >= 0.6 is 0 Å². The summed E-state index contributed by atoms with van der Waals surface area (Å²) in [7, 11) is 0. The molecule has 2 rings (SSSR count). The molecule has 0 saturated heterocycles. The minimum absolute atomic E-state index is 0.0473. The summed E-state index contributed by atoms with van der Waals surface area (Å²) in [6, 6.07) is 10.9. The number of anilines is 1. The summed E-state index contributed by atoms with van der Waals surface area (Å²) >= 11 is 0. The summed E-state index contributed by atoms with van der Waals surface area (Å²) in [6.45, 7) is 3.85. The summed E-state index contributed by atoms with van der Waals surface area (Å²) in [4.78, 5) is 33.5. The molecule has 25 heavy (non-hydrogen) atoms. The molecule has 128 valence electrons. The van der Waals surface area contributed by atoms with E-state index in [2.05, 4.69) is 15.8 Å². The number of nitro groups is 1. The van der Waals surface area contributed by atoms with E-state index in [9.17, 15) is 19.7 Å². The zero-order chi connectivity index (χ0) is 18.4. The number of nitrogens with zero attached hydrogens (tertiary/aromatic N) is 2. The first kappa shape index (κ1) is 17.8. The third-order valence-electron chi connectivity index (χ3n) is 3.45. The predicted molar refractivity (Wildman–Crippen MR) is 93.4 cm³/mol. The van der Waals surface area contributed by atoms with E-state index in [-0.39, 0.29) is 5.69 Å². The number of benzene rings is 2. The summed E-state index contributed by atoms with van der Waals surface area (Å²) < 4.78 is 0. The van der Waals surface area contributed by atoms with Crippen LogP contribution in [0.15, 0.2) is 47.6 Å². The van der Waals surface area contributed by atoms with E-state index in [4.69, 9.17) is 0 Å². The van der Waals surface area contributed by atoms with Crippen molar-refractivity contribution < 1.29 is 14.5 Å². The number of carbonyl (C=O) groups excluding carboxylic acids is 2. The Morgan fingerprint density at radius 3 is 2.32 bits per heavy atom. The van der Waals surface area contributed by atoms with Gasteiger partial charge in [-0.25, -0.2) is 5.43 Å². The molecule has 2 amide bonds. The molecule has 0 aliphatic rings. The number of nitrogens with one attached hydrogen (secondary N) is 2. The molecule has 0 radical (unpaired) electrons. The lowest BCUT2D eigenvalue weighted by Crippen LogP contribution is -2.32. The maximum absolute atomic E-state index is 11.8. The van der Waals surface area contributed by atoms with Gasteiger partial charge in [-0.05, 0) is 54.8 Å². The Morgan fingerprint density at radius 2 is 1.72 bits per heavy atom. The standard InChI is InChI=1S/C17H16N4O4/c1-11-3-6-14(9-12(11)2)19-16(22)17(23)20-18-10-13-4-7-15(8-5-13)21(24)25/h3-10H,1-2H3,(H,19,22)(H,20,23). The number of aryl methyl sites for hydroxylation is 2. The van der Waals surface area contributed by atoms with Crippen LogP contribution in [0.4, 0.5) is 11.4 Å². The van der Waals surface area contributed by atoms with E-state index in [0.717, 1.165) is 11.1 Å². The summed E-state index contributed by atoms with van der Waals surface area (Å²) in [5, 5.41) is 16.7. The number of nitro benzene ring substituents is 1. The minimum Gasteiger partial charge on any atom is -0.318 e. The number of carbonyl (C=O) groups is 2. The van der Waals surface area contributed by atoms with Crippen LogP contribution in [-0.4, -0.2) is 23.0 Å². The fraction of sp³-hybridized carbons (Fsp3) is 0.118. The van der Waals surface area contributed by atoms with Crippen molar-refractivity contribution in [3.8, 4) is 0 Å². The second-order valence-electron chi connectivity index (χ2n) is 5.30. The van der Waals surface area contributed by atoms with Crippen molar-refractivity contribution in [2.24, 2.45) is 5.10 Å². The van der Waals surface area contributed by atoms with Crippen molar-refractivity contribution >= 4 is 29.4 Å². The molecule has 2 aromatic carbocycles. The first-order chi connectivity index (χ1) is 11.9. The van der Waals surface area contributed by atoms with Crippen molar-refractivity contribution in [1.29, 1.82) is 0 Å². The van der Waals surface area contributed by atoms with Gasteiger partial charge in [0.15, 0.2) is 0 Å². The summed E-state index contributed by atoms with van der Waals surface area (Å²) in [5.74, 6) is -1.76. The number of rotatable bonds is 4. The van der Waals surface area contributed by atoms with Crippen molar-refractivity contribution in [3.05, 3.63) is 69.3 Å². The highest BCUT2D eigenvalue weighted by Gasteiger charge is 2.13. The van der Waals surface area contributed by atoms with E-state index in [1.165, 1.54) is 30.5 Å². The molecule has 0 aromatic heterocycles. The van der Waals surface area contributed by atoms with Gasteiger partial charge in [-0.1, -0.05) is 6.07 Å². The fourth-order valence-electron chi connectivity index (χ4n) is 1.91. The minimum atomic E-state index is -0.920.